The zero-order chi connectivity index (χ0) is 18.4. The minimum atomic E-state index is 0.510. The van der Waals surface area contributed by atoms with E-state index < -0.39 is 0 Å². The van der Waals surface area contributed by atoms with Crippen molar-refractivity contribution in [1.29, 1.82) is 0 Å². The van der Waals surface area contributed by atoms with Gasteiger partial charge in [-0.05, 0) is 36.8 Å². The van der Waals surface area contributed by atoms with Gasteiger partial charge in [-0.25, -0.2) is 5.84 Å². The van der Waals surface area contributed by atoms with E-state index in [-0.39, 0.29) is 0 Å². The van der Waals surface area contributed by atoms with Crippen LogP contribution in [0.1, 0.15) is 62.9 Å². The quantitative estimate of drug-likeness (QED) is 0.522. The summed E-state index contributed by atoms with van der Waals surface area (Å²) in [5.74, 6) is 8.00. The number of hydrogen-bond acceptors (Lipinski definition) is 5. The third-order valence-electron chi connectivity index (χ3n) is 4.99. The van der Waals surface area contributed by atoms with Gasteiger partial charge in [0.2, 0.25) is 0 Å². The molecule has 0 aromatic carbocycles. The molecule has 5 nitrogen and oxygen atoms in total. The Hall–Kier alpha value is -1.75. The molecular formula is C20H35N5. The van der Waals surface area contributed by atoms with Crippen molar-refractivity contribution < 1.29 is 0 Å². The monoisotopic (exact) mass is 345 g/mol. The van der Waals surface area contributed by atoms with Gasteiger partial charge in [-0.15, -0.1) is 0 Å². The van der Waals surface area contributed by atoms with Crippen molar-refractivity contribution in [2.75, 3.05) is 13.6 Å². The van der Waals surface area contributed by atoms with Crippen LogP contribution in [-0.2, 0) is 6.42 Å². The standard InChI is InChI=1S/C20H35N5/c1-14(2)13-23-20(25(4)22)19(21)18-11-10-17(15(3)24-18)12-16-8-6-5-7-9-16/h10-11,14,16,23H,5-9,12-13,21-22H2,1-4H3/b20-19-. The van der Waals surface area contributed by atoms with E-state index in [9.17, 15) is 0 Å². The van der Waals surface area contributed by atoms with E-state index >= 15 is 0 Å². The molecule has 5 N–H and O–H groups in total. The third kappa shape index (κ3) is 5.63. The van der Waals surface area contributed by atoms with Crippen molar-refractivity contribution in [3.05, 3.63) is 34.9 Å². The number of rotatable bonds is 7. The number of nitrogens with two attached hydrogens (primary N) is 2. The maximum atomic E-state index is 6.36. The molecule has 0 aliphatic heterocycles. The van der Waals surface area contributed by atoms with Crippen LogP contribution in [0.3, 0.4) is 0 Å². The van der Waals surface area contributed by atoms with Gasteiger partial charge < -0.3 is 11.1 Å². The molecule has 1 aromatic heterocycles. The van der Waals surface area contributed by atoms with Crippen LogP contribution in [0.2, 0.25) is 0 Å². The van der Waals surface area contributed by atoms with E-state index in [2.05, 4.69) is 32.2 Å². The average Bonchev–Trinajstić information content (AvgIpc) is 2.57. The molecule has 1 fully saturated rings. The van der Waals surface area contributed by atoms with Gasteiger partial charge in [0.15, 0.2) is 0 Å². The normalized spacial score (nSPS) is 16.7. The number of nitrogens with one attached hydrogen (secondary N) is 1. The molecule has 0 unspecified atom stereocenters. The van der Waals surface area contributed by atoms with Crippen molar-refractivity contribution in [1.82, 2.24) is 15.3 Å². The van der Waals surface area contributed by atoms with Crippen molar-refractivity contribution in [2.24, 2.45) is 23.4 Å². The van der Waals surface area contributed by atoms with E-state index in [0.717, 1.165) is 36.1 Å². The van der Waals surface area contributed by atoms with Crippen LogP contribution in [0.4, 0.5) is 0 Å². The fourth-order valence-corrected chi connectivity index (χ4v) is 3.49. The summed E-state index contributed by atoms with van der Waals surface area (Å²) in [6, 6.07) is 4.22. The maximum absolute atomic E-state index is 6.36. The highest BCUT2D eigenvalue weighted by molar-refractivity contribution is 5.62. The molecule has 1 saturated carbocycles. The first-order valence-corrected chi connectivity index (χ1v) is 9.57. The summed E-state index contributed by atoms with van der Waals surface area (Å²) in [4.78, 5) is 4.76. The zero-order valence-corrected chi connectivity index (χ0v) is 16.3. The number of nitrogens with zero attached hydrogens (tertiary/aromatic N) is 2. The van der Waals surface area contributed by atoms with Crippen LogP contribution < -0.4 is 16.9 Å². The number of aromatic nitrogens is 1. The first-order valence-electron chi connectivity index (χ1n) is 9.57. The Kier molecular flexibility index (Phi) is 7.12. The Bertz CT molecular complexity index is 586. The highest BCUT2D eigenvalue weighted by Gasteiger charge is 2.16. The van der Waals surface area contributed by atoms with Crippen LogP contribution in [-0.4, -0.2) is 23.6 Å². The molecule has 0 spiro atoms. The average molecular weight is 346 g/mol. The second-order valence-electron chi connectivity index (χ2n) is 7.80. The third-order valence-corrected chi connectivity index (χ3v) is 4.99. The van der Waals surface area contributed by atoms with Crippen LogP contribution in [0.25, 0.3) is 5.70 Å². The summed E-state index contributed by atoms with van der Waals surface area (Å²) in [6.45, 7) is 7.21. The van der Waals surface area contributed by atoms with Gasteiger partial charge in [-0.2, -0.15) is 0 Å². The summed E-state index contributed by atoms with van der Waals surface area (Å²) < 4.78 is 0. The lowest BCUT2D eigenvalue weighted by atomic mass is 9.84. The van der Waals surface area contributed by atoms with Gasteiger partial charge in [-0.3, -0.25) is 9.99 Å². The summed E-state index contributed by atoms with van der Waals surface area (Å²) in [5.41, 5.74) is 10.2. The lowest BCUT2D eigenvalue weighted by Crippen LogP contribution is -2.37. The van der Waals surface area contributed by atoms with Gasteiger partial charge >= 0.3 is 0 Å². The van der Waals surface area contributed by atoms with Crippen LogP contribution in [0, 0.1) is 18.8 Å². The van der Waals surface area contributed by atoms with Crippen LogP contribution in [0.5, 0.6) is 0 Å². The summed E-state index contributed by atoms with van der Waals surface area (Å²) in [7, 11) is 1.79. The molecular weight excluding hydrogens is 310 g/mol. The van der Waals surface area contributed by atoms with Gasteiger partial charge in [0, 0.05) is 19.3 Å². The van der Waals surface area contributed by atoms with Crippen LogP contribution in [0.15, 0.2) is 18.0 Å². The molecule has 25 heavy (non-hydrogen) atoms. The number of hydrazine groups is 1. The largest absolute Gasteiger partial charge is 0.394 e. The topological polar surface area (TPSA) is 80.2 Å². The van der Waals surface area contributed by atoms with Crippen molar-refractivity contribution in [3.8, 4) is 0 Å². The van der Waals surface area contributed by atoms with Crippen molar-refractivity contribution in [2.45, 2.75) is 59.3 Å². The predicted octanol–water partition coefficient (Wildman–Crippen LogP) is 3.15. The molecule has 0 radical (unpaired) electrons. The molecule has 140 valence electrons. The Morgan fingerprint density at radius 1 is 1.28 bits per heavy atom. The Labute approximate surface area is 152 Å². The molecule has 1 aliphatic carbocycles. The summed E-state index contributed by atoms with van der Waals surface area (Å²) >= 11 is 0. The van der Waals surface area contributed by atoms with E-state index in [4.69, 9.17) is 16.6 Å². The fourth-order valence-electron chi connectivity index (χ4n) is 3.49. The van der Waals surface area contributed by atoms with Gasteiger partial charge in [0.1, 0.15) is 5.82 Å². The lowest BCUT2D eigenvalue weighted by Gasteiger charge is -2.23. The Morgan fingerprint density at radius 2 is 1.96 bits per heavy atom. The number of pyridine rings is 1. The van der Waals surface area contributed by atoms with E-state index in [1.807, 2.05) is 6.07 Å². The molecule has 1 heterocycles. The van der Waals surface area contributed by atoms with E-state index in [1.165, 1.54) is 42.7 Å². The maximum Gasteiger partial charge on any atom is 0.141 e. The van der Waals surface area contributed by atoms with E-state index in [1.54, 1.807) is 7.05 Å². The van der Waals surface area contributed by atoms with Gasteiger partial charge in [-0.1, -0.05) is 52.0 Å². The predicted molar refractivity (Wildman–Crippen MR) is 105 cm³/mol. The molecule has 0 bridgehead atoms. The molecule has 2 rings (SSSR count). The fraction of sp³-hybridized carbons (Fsp3) is 0.650. The van der Waals surface area contributed by atoms with Crippen LogP contribution >= 0.6 is 0 Å². The highest BCUT2D eigenvalue weighted by atomic mass is 15.4. The molecule has 0 saturated heterocycles. The molecule has 5 heteroatoms. The summed E-state index contributed by atoms with van der Waals surface area (Å²) in [5, 5.41) is 4.86. The lowest BCUT2D eigenvalue weighted by molar-refractivity contribution is 0.356. The number of aryl methyl sites for hydroxylation is 1. The molecule has 0 amide bonds. The molecule has 1 aromatic rings. The smallest absolute Gasteiger partial charge is 0.141 e. The summed E-state index contributed by atoms with van der Waals surface area (Å²) in [6.07, 6.45) is 7.98. The minimum absolute atomic E-state index is 0.510. The molecule has 1 aliphatic rings. The SMILES string of the molecule is Cc1nc(/C(N)=C(\NCC(C)C)N(C)N)ccc1CC1CCCCC1. The first-order chi connectivity index (χ1) is 11.9. The van der Waals surface area contributed by atoms with Crippen molar-refractivity contribution >= 4 is 5.70 Å². The van der Waals surface area contributed by atoms with Crippen molar-refractivity contribution in [3.63, 3.8) is 0 Å². The first kappa shape index (κ1) is 19.6. The highest BCUT2D eigenvalue weighted by Crippen LogP contribution is 2.28. The second kappa shape index (κ2) is 9.09. The Morgan fingerprint density at radius 3 is 2.52 bits per heavy atom. The number of hydrogen-bond donors (Lipinski definition) is 3. The van der Waals surface area contributed by atoms with Gasteiger partial charge in [0.05, 0.1) is 11.4 Å². The molecule has 0 atom stereocenters. The zero-order valence-electron chi connectivity index (χ0n) is 16.3. The second-order valence-corrected chi connectivity index (χ2v) is 7.80. The van der Waals surface area contributed by atoms with E-state index in [0.29, 0.717) is 11.6 Å². The Balaban J connectivity index is 2.17. The minimum Gasteiger partial charge on any atom is -0.394 e. The van der Waals surface area contributed by atoms with Gasteiger partial charge in [0.25, 0.3) is 0 Å².